The first-order chi connectivity index (χ1) is 4.70. The van der Waals surface area contributed by atoms with Gasteiger partial charge in [-0.3, -0.25) is 0 Å². The van der Waals surface area contributed by atoms with E-state index in [9.17, 15) is 0 Å². The molecule has 0 radical (unpaired) electrons. The number of nitrogens with zero attached hydrogens (tertiary/aromatic N) is 3. The van der Waals surface area contributed by atoms with Crippen LogP contribution in [0, 0.1) is 0 Å². The van der Waals surface area contributed by atoms with Crippen molar-refractivity contribution in [1.29, 1.82) is 0 Å². The van der Waals surface area contributed by atoms with Crippen molar-refractivity contribution in [2.45, 2.75) is 0 Å². The van der Waals surface area contributed by atoms with E-state index in [0.29, 0.717) is 0 Å². The Morgan fingerprint density at radius 3 is 2.20 bits per heavy atom. The van der Waals surface area contributed by atoms with E-state index in [0.717, 1.165) is 11.4 Å². The van der Waals surface area contributed by atoms with Crippen molar-refractivity contribution in [2.24, 2.45) is 0 Å². The second kappa shape index (κ2) is 2.69. The van der Waals surface area contributed by atoms with Gasteiger partial charge < -0.3 is 4.90 Å². The van der Waals surface area contributed by atoms with Crippen molar-refractivity contribution >= 4 is 19.3 Å². The standard InChI is InChI=1S/C6H10BN3/c1-10(2)6-8-3-5(7)4-9-6/h3-4H,7H2,1-2H3. The van der Waals surface area contributed by atoms with Gasteiger partial charge in [0.1, 0.15) is 7.85 Å². The lowest BCUT2D eigenvalue weighted by Gasteiger charge is -2.08. The SMILES string of the molecule is Bc1cnc(N(C)C)nc1. The summed E-state index contributed by atoms with van der Waals surface area (Å²) in [5.41, 5.74) is 1.09. The molecule has 0 amide bonds. The predicted molar refractivity (Wildman–Crippen MR) is 44.5 cm³/mol. The fourth-order valence-electron chi connectivity index (χ4n) is 0.617. The van der Waals surface area contributed by atoms with E-state index < -0.39 is 0 Å². The maximum Gasteiger partial charge on any atom is 0.224 e. The Morgan fingerprint density at radius 1 is 1.30 bits per heavy atom. The van der Waals surface area contributed by atoms with Crippen molar-refractivity contribution in [3.05, 3.63) is 12.4 Å². The number of rotatable bonds is 1. The van der Waals surface area contributed by atoms with E-state index >= 15 is 0 Å². The van der Waals surface area contributed by atoms with Gasteiger partial charge in [0.15, 0.2) is 0 Å². The number of aromatic nitrogens is 2. The second-order valence-electron chi connectivity index (χ2n) is 2.45. The van der Waals surface area contributed by atoms with Gasteiger partial charge in [-0.1, -0.05) is 5.46 Å². The molecule has 1 heterocycles. The van der Waals surface area contributed by atoms with Crippen molar-refractivity contribution in [2.75, 3.05) is 19.0 Å². The average Bonchev–Trinajstić information content (AvgIpc) is 1.88. The molecule has 0 aromatic carbocycles. The van der Waals surface area contributed by atoms with Gasteiger partial charge in [-0.15, -0.1) is 0 Å². The smallest absolute Gasteiger partial charge is 0.224 e. The van der Waals surface area contributed by atoms with Crippen LogP contribution in [-0.4, -0.2) is 31.9 Å². The first-order valence-corrected chi connectivity index (χ1v) is 3.16. The van der Waals surface area contributed by atoms with E-state index in [1.807, 2.05) is 39.2 Å². The maximum absolute atomic E-state index is 4.09. The van der Waals surface area contributed by atoms with E-state index in [4.69, 9.17) is 0 Å². The third kappa shape index (κ3) is 1.46. The number of hydrogen-bond donors (Lipinski definition) is 0. The van der Waals surface area contributed by atoms with Crippen LogP contribution in [0.25, 0.3) is 0 Å². The molecule has 0 saturated carbocycles. The van der Waals surface area contributed by atoms with Crippen molar-refractivity contribution in [1.82, 2.24) is 9.97 Å². The Balaban J connectivity index is 2.89. The fraction of sp³-hybridized carbons (Fsp3) is 0.333. The highest BCUT2D eigenvalue weighted by atomic mass is 15.2. The summed E-state index contributed by atoms with van der Waals surface area (Å²) in [6, 6.07) is 0. The molecule has 0 spiro atoms. The summed E-state index contributed by atoms with van der Waals surface area (Å²) < 4.78 is 0. The highest BCUT2D eigenvalue weighted by molar-refractivity contribution is 6.31. The lowest BCUT2D eigenvalue weighted by atomic mass is 10.0. The van der Waals surface area contributed by atoms with E-state index in [1.165, 1.54) is 0 Å². The minimum atomic E-state index is 0.755. The van der Waals surface area contributed by atoms with Gasteiger partial charge in [-0.25, -0.2) is 9.97 Å². The molecule has 1 rings (SSSR count). The molecule has 0 atom stereocenters. The van der Waals surface area contributed by atoms with Crippen LogP contribution in [0.1, 0.15) is 0 Å². The summed E-state index contributed by atoms with van der Waals surface area (Å²) in [6.45, 7) is 0. The van der Waals surface area contributed by atoms with Gasteiger partial charge in [0.25, 0.3) is 0 Å². The molecule has 3 nitrogen and oxygen atoms in total. The summed E-state index contributed by atoms with van der Waals surface area (Å²) in [6.07, 6.45) is 3.62. The molecule has 0 bridgehead atoms. The van der Waals surface area contributed by atoms with Crippen molar-refractivity contribution in [3.8, 4) is 0 Å². The Labute approximate surface area is 61.5 Å². The summed E-state index contributed by atoms with van der Waals surface area (Å²) >= 11 is 0. The molecule has 4 heteroatoms. The van der Waals surface area contributed by atoms with Gasteiger partial charge in [0.2, 0.25) is 5.95 Å². The highest BCUT2D eigenvalue weighted by Gasteiger charge is 1.94. The minimum Gasteiger partial charge on any atom is -0.347 e. The average molecular weight is 135 g/mol. The molecule has 0 unspecified atom stereocenters. The molecular formula is C6H10BN3. The van der Waals surface area contributed by atoms with Gasteiger partial charge in [-0.2, -0.15) is 0 Å². The first kappa shape index (κ1) is 7.06. The van der Waals surface area contributed by atoms with Crippen LogP contribution in [0.5, 0.6) is 0 Å². The fourth-order valence-corrected chi connectivity index (χ4v) is 0.617. The quantitative estimate of drug-likeness (QED) is 0.453. The third-order valence-corrected chi connectivity index (χ3v) is 1.17. The number of anilines is 1. The van der Waals surface area contributed by atoms with Crippen LogP contribution in [0.4, 0.5) is 5.95 Å². The third-order valence-electron chi connectivity index (χ3n) is 1.17. The van der Waals surface area contributed by atoms with Crippen LogP contribution >= 0.6 is 0 Å². The zero-order chi connectivity index (χ0) is 7.56. The minimum absolute atomic E-state index is 0.755. The van der Waals surface area contributed by atoms with Gasteiger partial charge in [-0.05, 0) is 0 Å². The van der Waals surface area contributed by atoms with Gasteiger partial charge in [0, 0.05) is 26.5 Å². The van der Waals surface area contributed by atoms with E-state index in [1.54, 1.807) is 0 Å². The van der Waals surface area contributed by atoms with Crippen LogP contribution in [-0.2, 0) is 0 Å². The Hall–Kier alpha value is -1.06. The van der Waals surface area contributed by atoms with Crippen LogP contribution in [0.3, 0.4) is 0 Å². The topological polar surface area (TPSA) is 29.0 Å². The van der Waals surface area contributed by atoms with Gasteiger partial charge in [0.05, 0.1) is 0 Å². The van der Waals surface area contributed by atoms with E-state index in [-0.39, 0.29) is 0 Å². The molecule has 10 heavy (non-hydrogen) atoms. The highest BCUT2D eigenvalue weighted by Crippen LogP contribution is 1.95. The first-order valence-electron chi connectivity index (χ1n) is 3.16. The molecule has 0 fully saturated rings. The largest absolute Gasteiger partial charge is 0.347 e. The summed E-state index contributed by atoms with van der Waals surface area (Å²) in [5, 5.41) is 0. The summed E-state index contributed by atoms with van der Waals surface area (Å²) in [5.74, 6) is 0.755. The normalized spacial score (nSPS) is 9.40. The monoisotopic (exact) mass is 135 g/mol. The molecule has 52 valence electrons. The number of hydrogen-bond acceptors (Lipinski definition) is 3. The molecule has 1 aromatic rings. The molecule has 1 aromatic heterocycles. The molecular weight excluding hydrogens is 125 g/mol. The molecule has 0 aliphatic heterocycles. The zero-order valence-electron chi connectivity index (χ0n) is 6.50. The summed E-state index contributed by atoms with van der Waals surface area (Å²) in [4.78, 5) is 10.1. The molecule has 0 aliphatic carbocycles. The van der Waals surface area contributed by atoms with Crippen molar-refractivity contribution in [3.63, 3.8) is 0 Å². The Bertz CT molecular complexity index is 207. The van der Waals surface area contributed by atoms with E-state index in [2.05, 4.69) is 9.97 Å². The summed E-state index contributed by atoms with van der Waals surface area (Å²) in [7, 11) is 5.81. The zero-order valence-corrected chi connectivity index (χ0v) is 6.50. The Kier molecular flexibility index (Phi) is 1.90. The molecule has 0 aliphatic rings. The van der Waals surface area contributed by atoms with Crippen molar-refractivity contribution < 1.29 is 0 Å². The van der Waals surface area contributed by atoms with Crippen LogP contribution < -0.4 is 10.4 Å². The molecule has 0 saturated heterocycles. The van der Waals surface area contributed by atoms with Gasteiger partial charge >= 0.3 is 0 Å². The predicted octanol–water partition coefficient (Wildman–Crippen LogP) is -1.20. The lowest BCUT2D eigenvalue weighted by molar-refractivity contribution is 1.00. The Morgan fingerprint density at radius 2 is 1.80 bits per heavy atom. The second-order valence-corrected chi connectivity index (χ2v) is 2.45. The maximum atomic E-state index is 4.09. The molecule has 0 N–H and O–H groups in total. The van der Waals surface area contributed by atoms with Crippen LogP contribution in [0.2, 0.25) is 0 Å². The van der Waals surface area contributed by atoms with Crippen LogP contribution in [0.15, 0.2) is 12.4 Å². The lowest BCUT2D eigenvalue weighted by Crippen LogP contribution is -2.15.